The monoisotopic (exact) mass is 496 g/mol. The van der Waals surface area contributed by atoms with Gasteiger partial charge in [-0.05, 0) is 70.3 Å². The van der Waals surface area contributed by atoms with Gasteiger partial charge in [-0.25, -0.2) is 0 Å². The summed E-state index contributed by atoms with van der Waals surface area (Å²) in [4.78, 5) is 0. The molecule has 8 nitrogen and oxygen atoms in total. The summed E-state index contributed by atoms with van der Waals surface area (Å²) < 4.78 is 31.1. The average molecular weight is 497 g/mol. The Bertz CT molecular complexity index is 670. The fourth-order valence-corrected chi connectivity index (χ4v) is 7.78. The van der Waals surface area contributed by atoms with E-state index in [2.05, 4.69) is 5.32 Å². The smallest absolute Gasteiger partial charge is 0.0683 e. The lowest BCUT2D eigenvalue weighted by Gasteiger charge is -2.52. The minimum Gasteiger partial charge on any atom is -0.392 e. The second kappa shape index (κ2) is 12.0. The number of nitrogens with two attached hydrogens (primary N) is 1. The van der Waals surface area contributed by atoms with Crippen molar-refractivity contribution >= 4 is 0 Å². The molecule has 0 aromatic rings. The molecule has 3 aliphatic heterocycles. The largest absolute Gasteiger partial charge is 0.392 e. The lowest BCUT2D eigenvalue weighted by molar-refractivity contribution is -0.228. The van der Waals surface area contributed by atoms with Crippen molar-refractivity contribution in [3.63, 3.8) is 0 Å². The first-order chi connectivity index (χ1) is 17.1. The summed E-state index contributed by atoms with van der Waals surface area (Å²) in [6.07, 6.45) is 9.64. The Labute approximate surface area is 210 Å². The highest BCUT2D eigenvalue weighted by Gasteiger charge is 2.52. The number of hydrogen-bond acceptors (Lipinski definition) is 8. The van der Waals surface area contributed by atoms with E-state index in [1.807, 2.05) is 7.11 Å². The molecule has 5 fully saturated rings. The van der Waals surface area contributed by atoms with Crippen LogP contribution in [0.25, 0.3) is 0 Å². The van der Waals surface area contributed by atoms with Crippen LogP contribution in [0, 0.1) is 29.6 Å². The van der Waals surface area contributed by atoms with E-state index in [4.69, 9.17) is 29.4 Å². The fraction of sp³-hybridized carbons (Fsp3) is 1.00. The molecule has 5 aliphatic rings. The van der Waals surface area contributed by atoms with Gasteiger partial charge in [0.1, 0.15) is 0 Å². The lowest BCUT2D eigenvalue weighted by atomic mass is 9.67. The van der Waals surface area contributed by atoms with Gasteiger partial charge in [0.15, 0.2) is 0 Å². The number of nitrogens with one attached hydrogen (secondary N) is 1. The molecular weight excluding hydrogens is 448 g/mol. The maximum atomic E-state index is 11.6. The molecule has 0 aromatic carbocycles. The van der Waals surface area contributed by atoms with Gasteiger partial charge < -0.3 is 39.8 Å². The van der Waals surface area contributed by atoms with Gasteiger partial charge in [-0.2, -0.15) is 0 Å². The molecule has 4 N–H and O–H groups in total. The van der Waals surface area contributed by atoms with Crippen LogP contribution >= 0.6 is 0 Å². The van der Waals surface area contributed by atoms with Crippen LogP contribution in [-0.2, 0) is 23.7 Å². The topological polar surface area (TPSA) is 104 Å². The van der Waals surface area contributed by atoms with Gasteiger partial charge in [-0.1, -0.05) is 0 Å². The zero-order valence-electron chi connectivity index (χ0n) is 21.7. The van der Waals surface area contributed by atoms with E-state index in [-0.39, 0.29) is 54.4 Å². The van der Waals surface area contributed by atoms with Gasteiger partial charge in [0.25, 0.3) is 0 Å². The van der Waals surface area contributed by atoms with Crippen LogP contribution in [0.3, 0.4) is 0 Å². The molecule has 2 saturated carbocycles. The number of ether oxygens (including phenoxy) is 5. The molecule has 0 bridgehead atoms. The van der Waals surface area contributed by atoms with Crippen molar-refractivity contribution in [2.45, 2.75) is 101 Å². The van der Waals surface area contributed by atoms with E-state index in [0.717, 1.165) is 70.9 Å². The van der Waals surface area contributed by atoms with Gasteiger partial charge >= 0.3 is 0 Å². The quantitative estimate of drug-likeness (QED) is 0.492. The van der Waals surface area contributed by atoms with E-state index in [0.29, 0.717) is 25.0 Å². The van der Waals surface area contributed by atoms with Crippen LogP contribution in [0.15, 0.2) is 0 Å². The average Bonchev–Trinajstić information content (AvgIpc) is 2.89. The SMILES string of the molecule is COC1CCC2OCC(C3COC4CCC(OC)CC4C3OCCC3CCNC(N)C3)C(O)C2C1. The molecule has 0 radical (unpaired) electrons. The minimum absolute atomic E-state index is 0.0213. The summed E-state index contributed by atoms with van der Waals surface area (Å²) in [7, 11) is 3.60. The van der Waals surface area contributed by atoms with Crippen LogP contribution in [0.2, 0.25) is 0 Å². The predicted octanol–water partition coefficient (Wildman–Crippen LogP) is 2.07. The molecule has 0 spiro atoms. The number of methoxy groups -OCH3 is 2. The van der Waals surface area contributed by atoms with Crippen molar-refractivity contribution in [3.8, 4) is 0 Å². The molecule has 12 atom stereocenters. The van der Waals surface area contributed by atoms with Crippen molar-refractivity contribution in [1.82, 2.24) is 5.32 Å². The molecule has 35 heavy (non-hydrogen) atoms. The number of fused-ring (bicyclic) bond motifs is 2. The Balaban J connectivity index is 1.28. The molecule has 8 heteroatoms. The van der Waals surface area contributed by atoms with Gasteiger partial charge in [-0.15, -0.1) is 0 Å². The number of aliphatic hydroxyl groups is 1. The molecule has 202 valence electrons. The lowest BCUT2D eigenvalue weighted by Crippen LogP contribution is -2.59. The molecule has 2 aliphatic carbocycles. The zero-order chi connectivity index (χ0) is 24.4. The second-order valence-electron chi connectivity index (χ2n) is 11.8. The van der Waals surface area contributed by atoms with Gasteiger partial charge in [0, 0.05) is 44.5 Å². The molecule has 5 rings (SSSR count). The van der Waals surface area contributed by atoms with Crippen molar-refractivity contribution in [1.29, 1.82) is 0 Å². The Morgan fingerprint density at radius 2 is 1.49 bits per heavy atom. The molecule has 0 aromatic heterocycles. The first-order valence-electron chi connectivity index (χ1n) is 14.1. The number of hydrogen-bond donors (Lipinski definition) is 3. The van der Waals surface area contributed by atoms with E-state index in [9.17, 15) is 5.11 Å². The van der Waals surface area contributed by atoms with Crippen LogP contribution in [0.5, 0.6) is 0 Å². The van der Waals surface area contributed by atoms with Crippen LogP contribution in [-0.4, -0.2) is 88.5 Å². The van der Waals surface area contributed by atoms with E-state index >= 15 is 0 Å². The van der Waals surface area contributed by atoms with E-state index in [1.54, 1.807) is 7.11 Å². The normalized spacial score (nSPS) is 48.7. The highest BCUT2D eigenvalue weighted by molar-refractivity contribution is 5.00. The van der Waals surface area contributed by atoms with Crippen LogP contribution in [0.4, 0.5) is 0 Å². The third-order valence-corrected chi connectivity index (χ3v) is 9.90. The van der Waals surface area contributed by atoms with Gasteiger partial charge in [0.05, 0.1) is 56.0 Å². The van der Waals surface area contributed by atoms with Gasteiger partial charge in [-0.3, -0.25) is 0 Å². The predicted molar refractivity (Wildman–Crippen MR) is 132 cm³/mol. The van der Waals surface area contributed by atoms with Crippen LogP contribution in [0.1, 0.15) is 57.8 Å². The van der Waals surface area contributed by atoms with E-state index < -0.39 is 6.10 Å². The minimum atomic E-state index is -0.410. The molecule has 12 unspecified atom stereocenters. The zero-order valence-corrected chi connectivity index (χ0v) is 21.7. The van der Waals surface area contributed by atoms with Crippen molar-refractivity contribution in [3.05, 3.63) is 0 Å². The second-order valence-corrected chi connectivity index (χ2v) is 11.8. The molecular formula is C27H48N2O6. The molecule has 3 heterocycles. The fourth-order valence-electron chi connectivity index (χ4n) is 7.78. The summed E-state index contributed by atoms with van der Waals surface area (Å²) in [5.74, 6) is 1.18. The summed E-state index contributed by atoms with van der Waals surface area (Å²) >= 11 is 0. The summed E-state index contributed by atoms with van der Waals surface area (Å²) in [6.45, 7) is 2.95. The maximum Gasteiger partial charge on any atom is 0.0683 e. The molecule has 0 amide bonds. The molecule has 3 saturated heterocycles. The number of rotatable bonds is 7. The Hall–Kier alpha value is -0.320. The van der Waals surface area contributed by atoms with Crippen molar-refractivity contribution in [2.24, 2.45) is 35.3 Å². The Morgan fingerprint density at radius 3 is 2.17 bits per heavy atom. The first kappa shape index (κ1) is 26.3. The Kier molecular flexibility index (Phi) is 9.04. The van der Waals surface area contributed by atoms with E-state index in [1.165, 1.54) is 0 Å². The maximum absolute atomic E-state index is 11.6. The third kappa shape index (κ3) is 5.90. The summed E-state index contributed by atoms with van der Waals surface area (Å²) in [5.41, 5.74) is 6.13. The Morgan fingerprint density at radius 1 is 0.829 bits per heavy atom. The standard InChI is InChI=1S/C27H48N2O6/c1-31-17-3-5-23-19(12-17)26(30)21(14-34-23)22-15-35-24-6-4-18(32-2)13-20(24)27(22)33-10-8-16-7-9-29-25(28)11-16/h16-27,29-30H,3-15,28H2,1-2H3. The highest BCUT2D eigenvalue weighted by Crippen LogP contribution is 2.46. The highest BCUT2D eigenvalue weighted by atomic mass is 16.5. The number of aliphatic hydroxyl groups excluding tert-OH is 1. The van der Waals surface area contributed by atoms with Crippen molar-refractivity contribution in [2.75, 3.05) is 40.6 Å². The first-order valence-corrected chi connectivity index (χ1v) is 14.1. The van der Waals surface area contributed by atoms with Gasteiger partial charge in [0.2, 0.25) is 0 Å². The third-order valence-electron chi connectivity index (χ3n) is 9.90. The summed E-state index contributed by atoms with van der Waals surface area (Å²) in [6, 6.07) is 0. The van der Waals surface area contributed by atoms with Crippen molar-refractivity contribution < 1.29 is 28.8 Å². The number of piperidine rings is 1. The summed E-state index contributed by atoms with van der Waals surface area (Å²) in [5, 5.41) is 14.9. The van der Waals surface area contributed by atoms with Crippen LogP contribution < -0.4 is 11.1 Å².